The molecule has 0 aliphatic carbocycles. The van der Waals surface area contributed by atoms with Crippen LogP contribution in [0, 0.1) is 6.92 Å². The van der Waals surface area contributed by atoms with Crippen LogP contribution in [0.3, 0.4) is 0 Å². The maximum absolute atomic E-state index is 6.27. The Kier molecular flexibility index (Phi) is 5.11. The van der Waals surface area contributed by atoms with Gasteiger partial charge in [-0.2, -0.15) is 0 Å². The first-order valence-corrected chi connectivity index (χ1v) is 10.3. The summed E-state index contributed by atoms with van der Waals surface area (Å²) >= 11 is 8.05. The molecule has 17 heavy (non-hydrogen) atoms. The van der Waals surface area contributed by atoms with Crippen LogP contribution in [-0.4, -0.2) is 8.07 Å². The maximum Gasteiger partial charge on any atom is 0.0881 e. The Hall–Kier alpha value is -0.443. The molecule has 0 spiro atoms. The van der Waals surface area contributed by atoms with Crippen LogP contribution in [-0.2, 0) is 0 Å². The number of thioether (sulfide) groups is 1. The first kappa shape index (κ1) is 14.6. The number of rotatable bonds is 4. The molecule has 0 fully saturated rings. The topological polar surface area (TPSA) is 0 Å². The van der Waals surface area contributed by atoms with Crippen LogP contribution in [0.1, 0.15) is 5.56 Å². The van der Waals surface area contributed by atoms with Gasteiger partial charge in [0.15, 0.2) is 0 Å². The van der Waals surface area contributed by atoms with Crippen molar-refractivity contribution in [1.82, 2.24) is 0 Å². The lowest BCUT2D eigenvalue weighted by Crippen LogP contribution is -2.22. The lowest BCUT2D eigenvalue weighted by Gasteiger charge is -2.21. The minimum absolute atomic E-state index is 0.801. The minimum atomic E-state index is -1.43. The number of allylic oxidation sites excluding steroid dienone is 2. The Bertz CT molecular complexity index is 427. The van der Waals surface area contributed by atoms with E-state index in [1.54, 1.807) is 17.8 Å². The molecule has 0 saturated carbocycles. The molecule has 1 aromatic carbocycles. The average Bonchev–Trinajstić information content (AvgIpc) is 2.25. The molecule has 0 amide bonds. The molecule has 1 rings (SSSR count). The standard InChI is InChI=1S/C14H19ClSSi/c1-6-13(15)14(17(3,4)5)16-12-9-7-11(2)8-10-12/h6-10H,1H2,2-5H3/b14-13+. The summed E-state index contributed by atoms with van der Waals surface area (Å²) in [6, 6.07) is 8.55. The van der Waals surface area contributed by atoms with Gasteiger partial charge in [0, 0.05) is 9.93 Å². The van der Waals surface area contributed by atoms with E-state index in [0.29, 0.717) is 0 Å². The minimum Gasteiger partial charge on any atom is -0.0976 e. The van der Waals surface area contributed by atoms with Crippen molar-refractivity contribution in [2.75, 3.05) is 0 Å². The summed E-state index contributed by atoms with van der Waals surface area (Å²) in [5.41, 5.74) is 1.28. The molecular formula is C14H19ClSSi. The first-order valence-electron chi connectivity index (χ1n) is 5.62. The third-order valence-corrected chi connectivity index (χ3v) is 7.64. The summed E-state index contributed by atoms with van der Waals surface area (Å²) in [5.74, 6) is 0. The van der Waals surface area contributed by atoms with Crippen molar-refractivity contribution in [2.24, 2.45) is 0 Å². The molecule has 0 nitrogen and oxygen atoms in total. The average molecular weight is 283 g/mol. The van der Waals surface area contributed by atoms with Crippen LogP contribution >= 0.6 is 23.4 Å². The van der Waals surface area contributed by atoms with Gasteiger partial charge in [0.05, 0.1) is 8.07 Å². The second-order valence-electron chi connectivity index (χ2n) is 5.05. The molecule has 0 N–H and O–H groups in total. The van der Waals surface area contributed by atoms with Crippen LogP contribution in [0.2, 0.25) is 19.6 Å². The van der Waals surface area contributed by atoms with Gasteiger partial charge in [0.25, 0.3) is 0 Å². The van der Waals surface area contributed by atoms with Crippen molar-refractivity contribution < 1.29 is 0 Å². The Labute approximate surface area is 115 Å². The van der Waals surface area contributed by atoms with E-state index in [2.05, 4.69) is 57.4 Å². The Morgan fingerprint density at radius 1 is 1.24 bits per heavy atom. The second kappa shape index (κ2) is 5.94. The summed E-state index contributed by atoms with van der Waals surface area (Å²) in [7, 11) is -1.43. The number of hydrogen-bond acceptors (Lipinski definition) is 1. The Morgan fingerprint density at radius 3 is 2.18 bits per heavy atom. The molecule has 92 valence electrons. The SMILES string of the molecule is C=C/C(Cl)=C(/Sc1ccc(C)cc1)[Si](C)(C)C. The molecule has 0 bridgehead atoms. The van der Waals surface area contributed by atoms with Gasteiger partial charge in [0.2, 0.25) is 0 Å². The van der Waals surface area contributed by atoms with Crippen LogP contribution < -0.4 is 0 Å². The van der Waals surface area contributed by atoms with Crippen LogP contribution in [0.5, 0.6) is 0 Å². The van der Waals surface area contributed by atoms with Gasteiger partial charge in [-0.25, -0.2) is 0 Å². The van der Waals surface area contributed by atoms with E-state index in [4.69, 9.17) is 11.6 Å². The fourth-order valence-electron chi connectivity index (χ4n) is 1.38. The smallest absolute Gasteiger partial charge is 0.0881 e. The number of hydrogen-bond donors (Lipinski definition) is 0. The van der Waals surface area contributed by atoms with Gasteiger partial charge in [0.1, 0.15) is 0 Å². The van der Waals surface area contributed by atoms with Gasteiger partial charge in [-0.1, -0.05) is 73.4 Å². The Balaban J connectivity index is 3.04. The van der Waals surface area contributed by atoms with E-state index in [9.17, 15) is 0 Å². The van der Waals surface area contributed by atoms with E-state index in [1.165, 1.54) is 15.0 Å². The fraction of sp³-hybridized carbons (Fsp3) is 0.286. The van der Waals surface area contributed by atoms with Gasteiger partial charge in [-0.3, -0.25) is 0 Å². The highest BCUT2D eigenvalue weighted by Crippen LogP contribution is 2.37. The zero-order valence-corrected chi connectivity index (χ0v) is 13.5. The van der Waals surface area contributed by atoms with Crippen molar-refractivity contribution in [1.29, 1.82) is 0 Å². The van der Waals surface area contributed by atoms with Crippen molar-refractivity contribution in [3.63, 3.8) is 0 Å². The molecular weight excluding hydrogens is 264 g/mol. The van der Waals surface area contributed by atoms with Gasteiger partial charge < -0.3 is 0 Å². The molecule has 0 aliphatic rings. The number of benzene rings is 1. The molecule has 0 aromatic heterocycles. The normalized spacial score (nSPS) is 13.2. The van der Waals surface area contributed by atoms with Crippen molar-refractivity contribution in [3.05, 3.63) is 52.0 Å². The molecule has 0 atom stereocenters. The van der Waals surface area contributed by atoms with Crippen molar-refractivity contribution in [2.45, 2.75) is 31.5 Å². The summed E-state index contributed by atoms with van der Waals surface area (Å²) in [4.78, 5) is 1.24. The highest BCUT2D eigenvalue weighted by atomic mass is 35.5. The second-order valence-corrected chi connectivity index (χ2v) is 11.9. The molecule has 3 heteroatoms. The van der Waals surface area contributed by atoms with E-state index in [0.717, 1.165) is 5.03 Å². The summed E-state index contributed by atoms with van der Waals surface area (Å²) in [6.45, 7) is 12.8. The van der Waals surface area contributed by atoms with Crippen LogP contribution in [0.15, 0.2) is 51.4 Å². The number of aryl methyl sites for hydroxylation is 1. The number of halogens is 1. The van der Waals surface area contributed by atoms with Gasteiger partial charge >= 0.3 is 0 Å². The lowest BCUT2D eigenvalue weighted by molar-refractivity contribution is 1.38. The monoisotopic (exact) mass is 282 g/mol. The van der Waals surface area contributed by atoms with E-state index < -0.39 is 8.07 Å². The first-order chi connectivity index (χ1) is 7.84. The highest BCUT2D eigenvalue weighted by Gasteiger charge is 2.23. The zero-order chi connectivity index (χ0) is 13.1. The molecule has 0 aliphatic heterocycles. The molecule has 0 radical (unpaired) electrons. The van der Waals surface area contributed by atoms with Crippen LogP contribution in [0.25, 0.3) is 0 Å². The van der Waals surface area contributed by atoms with Crippen LogP contribution in [0.4, 0.5) is 0 Å². The third kappa shape index (κ3) is 4.38. The van der Waals surface area contributed by atoms with E-state index >= 15 is 0 Å². The zero-order valence-electron chi connectivity index (χ0n) is 10.9. The predicted molar refractivity (Wildman–Crippen MR) is 83.5 cm³/mol. The lowest BCUT2D eigenvalue weighted by atomic mass is 10.2. The molecule has 0 heterocycles. The maximum atomic E-state index is 6.27. The summed E-state index contributed by atoms with van der Waals surface area (Å²) < 4.78 is 1.29. The van der Waals surface area contributed by atoms with Gasteiger partial charge in [-0.15, -0.1) is 0 Å². The largest absolute Gasteiger partial charge is 0.0976 e. The van der Waals surface area contributed by atoms with Gasteiger partial charge in [-0.05, 0) is 23.6 Å². The van der Waals surface area contributed by atoms with Crippen molar-refractivity contribution >= 4 is 31.4 Å². The summed E-state index contributed by atoms with van der Waals surface area (Å²) in [6.07, 6.45) is 1.75. The quantitative estimate of drug-likeness (QED) is 0.393. The predicted octanol–water partition coefficient (Wildman–Crippen LogP) is 5.60. The third-order valence-electron chi connectivity index (χ3n) is 2.32. The Morgan fingerprint density at radius 2 is 1.76 bits per heavy atom. The molecule has 0 unspecified atom stereocenters. The fourth-order valence-corrected chi connectivity index (χ4v) is 5.43. The highest BCUT2D eigenvalue weighted by molar-refractivity contribution is 8.05. The van der Waals surface area contributed by atoms with Crippen molar-refractivity contribution in [3.8, 4) is 0 Å². The molecule has 1 aromatic rings. The van der Waals surface area contributed by atoms with E-state index in [1.807, 2.05) is 0 Å². The van der Waals surface area contributed by atoms with E-state index in [-0.39, 0.29) is 0 Å². The molecule has 0 saturated heterocycles. The summed E-state index contributed by atoms with van der Waals surface area (Å²) in [5, 5.41) is 0.801.